The molecule has 1 atom stereocenters. The summed E-state index contributed by atoms with van der Waals surface area (Å²) in [6.07, 6.45) is 3.70. The summed E-state index contributed by atoms with van der Waals surface area (Å²) in [6, 6.07) is 1.78. The van der Waals surface area contributed by atoms with E-state index in [2.05, 4.69) is 9.97 Å². The van der Waals surface area contributed by atoms with Gasteiger partial charge in [0, 0.05) is 13.0 Å². The highest BCUT2D eigenvalue weighted by atomic mass is 16.5. The number of amides is 1. The van der Waals surface area contributed by atoms with Crippen molar-refractivity contribution in [1.29, 1.82) is 0 Å². The molecular formula is C16H19N3O4. The van der Waals surface area contributed by atoms with E-state index in [9.17, 15) is 4.79 Å². The average Bonchev–Trinajstić information content (AvgIpc) is 3.13. The fourth-order valence-corrected chi connectivity index (χ4v) is 2.68. The maximum atomic E-state index is 12.5. The molecule has 0 N–H and O–H groups in total. The van der Waals surface area contributed by atoms with Gasteiger partial charge in [-0.25, -0.2) is 0 Å². The lowest BCUT2D eigenvalue weighted by Gasteiger charge is -2.16. The van der Waals surface area contributed by atoms with Crippen molar-refractivity contribution in [2.24, 2.45) is 0 Å². The number of rotatable bonds is 4. The Morgan fingerprint density at radius 3 is 2.83 bits per heavy atom. The number of nitrogens with zero attached hydrogens (tertiary/aromatic N) is 3. The van der Waals surface area contributed by atoms with Crippen LogP contribution in [-0.2, 0) is 0 Å². The van der Waals surface area contributed by atoms with Crippen LogP contribution in [0.5, 0.6) is 11.8 Å². The molecule has 0 saturated carbocycles. The Hall–Kier alpha value is -2.57. The van der Waals surface area contributed by atoms with Crippen molar-refractivity contribution >= 4 is 5.91 Å². The minimum Gasteiger partial charge on any atom is -0.480 e. The van der Waals surface area contributed by atoms with Crippen LogP contribution in [0.2, 0.25) is 0 Å². The molecule has 1 aliphatic rings. The molecule has 3 heterocycles. The van der Waals surface area contributed by atoms with Gasteiger partial charge in [0.05, 0.1) is 31.6 Å². The molecular weight excluding hydrogens is 298 g/mol. The lowest BCUT2D eigenvalue weighted by Crippen LogP contribution is -2.31. The first-order valence-corrected chi connectivity index (χ1v) is 7.46. The van der Waals surface area contributed by atoms with Gasteiger partial charge >= 0.3 is 0 Å². The van der Waals surface area contributed by atoms with E-state index < -0.39 is 0 Å². The number of aryl methyl sites for hydroxylation is 2. The Labute approximate surface area is 134 Å². The number of methoxy groups -OCH3 is 1. The van der Waals surface area contributed by atoms with Crippen molar-refractivity contribution < 1.29 is 18.7 Å². The van der Waals surface area contributed by atoms with E-state index in [-0.39, 0.29) is 12.0 Å². The molecule has 1 aliphatic heterocycles. The SMILES string of the molecule is COc1cncc(OC2CCN(C(=O)c3cc(C)oc3C)C2)n1. The topological polar surface area (TPSA) is 77.7 Å². The monoisotopic (exact) mass is 317 g/mol. The minimum atomic E-state index is -0.103. The molecule has 1 unspecified atom stereocenters. The van der Waals surface area contributed by atoms with Crippen molar-refractivity contribution in [3.8, 4) is 11.8 Å². The molecule has 0 radical (unpaired) electrons. The highest BCUT2D eigenvalue weighted by Gasteiger charge is 2.30. The second-order valence-corrected chi connectivity index (χ2v) is 5.51. The number of carbonyl (C=O) groups excluding carboxylic acids is 1. The van der Waals surface area contributed by atoms with Crippen LogP contribution in [0.25, 0.3) is 0 Å². The fraction of sp³-hybridized carbons (Fsp3) is 0.438. The highest BCUT2D eigenvalue weighted by molar-refractivity contribution is 5.95. The second-order valence-electron chi connectivity index (χ2n) is 5.51. The van der Waals surface area contributed by atoms with E-state index in [1.807, 2.05) is 6.92 Å². The number of aromatic nitrogens is 2. The van der Waals surface area contributed by atoms with Gasteiger partial charge in [0.1, 0.15) is 17.6 Å². The van der Waals surface area contributed by atoms with Gasteiger partial charge in [-0.15, -0.1) is 0 Å². The Kier molecular flexibility index (Phi) is 4.18. The zero-order valence-electron chi connectivity index (χ0n) is 13.4. The summed E-state index contributed by atoms with van der Waals surface area (Å²) in [4.78, 5) is 22.5. The third kappa shape index (κ3) is 3.28. The molecule has 2 aromatic heterocycles. The van der Waals surface area contributed by atoms with Gasteiger partial charge in [-0.3, -0.25) is 9.78 Å². The maximum absolute atomic E-state index is 12.5. The number of likely N-dealkylation sites (tertiary alicyclic amines) is 1. The summed E-state index contributed by atoms with van der Waals surface area (Å²) in [6.45, 7) is 4.79. The van der Waals surface area contributed by atoms with Crippen molar-refractivity contribution in [2.45, 2.75) is 26.4 Å². The first-order valence-electron chi connectivity index (χ1n) is 7.46. The Morgan fingerprint density at radius 1 is 1.35 bits per heavy atom. The molecule has 1 amide bonds. The summed E-state index contributed by atoms with van der Waals surface area (Å²) in [5, 5.41) is 0. The van der Waals surface area contributed by atoms with Crippen molar-refractivity contribution in [3.05, 3.63) is 35.5 Å². The summed E-state index contributed by atoms with van der Waals surface area (Å²) in [7, 11) is 1.53. The number of hydrogen-bond acceptors (Lipinski definition) is 6. The summed E-state index contributed by atoms with van der Waals surface area (Å²) >= 11 is 0. The Bertz CT molecular complexity index is 713. The van der Waals surface area contributed by atoms with E-state index in [0.29, 0.717) is 36.2 Å². The van der Waals surface area contributed by atoms with E-state index in [4.69, 9.17) is 13.9 Å². The van der Waals surface area contributed by atoms with Gasteiger partial charge in [0.25, 0.3) is 5.91 Å². The van der Waals surface area contributed by atoms with E-state index in [0.717, 1.165) is 12.2 Å². The Balaban J connectivity index is 1.64. The van der Waals surface area contributed by atoms with Crippen LogP contribution in [0.4, 0.5) is 0 Å². The van der Waals surface area contributed by atoms with Crippen molar-refractivity contribution in [2.75, 3.05) is 20.2 Å². The van der Waals surface area contributed by atoms with E-state index >= 15 is 0 Å². The second kappa shape index (κ2) is 6.28. The molecule has 0 aromatic carbocycles. The number of carbonyl (C=O) groups is 1. The summed E-state index contributed by atoms with van der Waals surface area (Å²) < 4.78 is 16.3. The minimum absolute atomic E-state index is 0.0258. The standard InChI is InChI=1S/C16H19N3O4/c1-10-6-13(11(2)22-10)16(20)19-5-4-12(9-19)23-15-8-17-7-14(18-15)21-3/h6-8,12H,4-5,9H2,1-3H3. The number of ether oxygens (including phenoxy) is 2. The fourth-order valence-electron chi connectivity index (χ4n) is 2.68. The zero-order valence-corrected chi connectivity index (χ0v) is 13.4. The van der Waals surface area contributed by atoms with Crippen LogP contribution < -0.4 is 9.47 Å². The van der Waals surface area contributed by atoms with Crippen LogP contribution in [0.1, 0.15) is 28.3 Å². The predicted octanol–water partition coefficient (Wildman–Crippen LogP) is 1.99. The third-order valence-electron chi connectivity index (χ3n) is 3.79. The van der Waals surface area contributed by atoms with Gasteiger partial charge in [-0.05, 0) is 19.9 Å². The quantitative estimate of drug-likeness (QED) is 0.858. The third-order valence-corrected chi connectivity index (χ3v) is 3.79. The molecule has 122 valence electrons. The normalized spacial score (nSPS) is 17.3. The highest BCUT2D eigenvalue weighted by Crippen LogP contribution is 2.22. The maximum Gasteiger partial charge on any atom is 0.257 e. The summed E-state index contributed by atoms with van der Waals surface area (Å²) in [5.74, 6) is 2.17. The van der Waals surface area contributed by atoms with Crippen molar-refractivity contribution in [1.82, 2.24) is 14.9 Å². The molecule has 0 aliphatic carbocycles. The number of furan rings is 1. The lowest BCUT2D eigenvalue weighted by atomic mass is 10.2. The van der Waals surface area contributed by atoms with E-state index in [1.54, 1.807) is 17.9 Å². The molecule has 7 nitrogen and oxygen atoms in total. The first kappa shape index (κ1) is 15.3. The molecule has 3 rings (SSSR count). The molecule has 1 saturated heterocycles. The van der Waals surface area contributed by atoms with Gasteiger partial charge < -0.3 is 18.8 Å². The van der Waals surface area contributed by atoms with Crippen LogP contribution in [0.15, 0.2) is 22.9 Å². The average molecular weight is 317 g/mol. The van der Waals surface area contributed by atoms with Crippen LogP contribution in [-0.4, -0.2) is 47.1 Å². The molecule has 7 heteroatoms. The number of hydrogen-bond donors (Lipinski definition) is 0. The molecule has 1 fully saturated rings. The Morgan fingerprint density at radius 2 is 2.13 bits per heavy atom. The largest absolute Gasteiger partial charge is 0.480 e. The summed E-state index contributed by atoms with van der Waals surface area (Å²) in [5.41, 5.74) is 0.615. The smallest absolute Gasteiger partial charge is 0.257 e. The molecule has 23 heavy (non-hydrogen) atoms. The van der Waals surface area contributed by atoms with Crippen LogP contribution in [0.3, 0.4) is 0 Å². The van der Waals surface area contributed by atoms with Crippen LogP contribution in [0, 0.1) is 13.8 Å². The predicted molar refractivity (Wildman–Crippen MR) is 81.7 cm³/mol. The zero-order chi connectivity index (χ0) is 16.4. The molecule has 0 spiro atoms. The van der Waals surface area contributed by atoms with Crippen LogP contribution >= 0.6 is 0 Å². The van der Waals surface area contributed by atoms with Gasteiger partial charge in [-0.1, -0.05) is 0 Å². The lowest BCUT2D eigenvalue weighted by molar-refractivity contribution is 0.0769. The molecule has 0 bridgehead atoms. The van der Waals surface area contributed by atoms with Gasteiger partial charge in [0.15, 0.2) is 0 Å². The van der Waals surface area contributed by atoms with Crippen molar-refractivity contribution in [3.63, 3.8) is 0 Å². The van der Waals surface area contributed by atoms with Gasteiger partial charge in [-0.2, -0.15) is 4.98 Å². The van der Waals surface area contributed by atoms with E-state index in [1.165, 1.54) is 19.5 Å². The van der Waals surface area contributed by atoms with Gasteiger partial charge in [0.2, 0.25) is 11.8 Å². The first-order chi connectivity index (χ1) is 11.1. The molecule has 2 aromatic rings.